The Bertz CT molecular complexity index is 763. The number of aliphatic imine (C=N–C) groups is 1. The van der Waals surface area contributed by atoms with Crippen LogP contribution < -0.4 is 16.0 Å². The Morgan fingerprint density at radius 1 is 1.04 bits per heavy atom. The van der Waals surface area contributed by atoms with Gasteiger partial charge in [-0.3, -0.25) is 9.79 Å². The van der Waals surface area contributed by atoms with Gasteiger partial charge in [0.2, 0.25) is 0 Å². The Morgan fingerprint density at radius 2 is 1.75 bits per heavy atom. The SMILES string of the molecule is CN=C(NCCc1cccc(C(=O)NC)c1)NCc1ccc(COC)cc1.I. The highest BCUT2D eigenvalue weighted by Crippen LogP contribution is 2.06. The quantitative estimate of drug-likeness (QED) is 0.299. The van der Waals surface area contributed by atoms with Gasteiger partial charge in [0.15, 0.2) is 5.96 Å². The highest BCUT2D eigenvalue weighted by molar-refractivity contribution is 14.0. The summed E-state index contributed by atoms with van der Waals surface area (Å²) in [4.78, 5) is 16.0. The van der Waals surface area contributed by atoms with E-state index in [1.165, 1.54) is 5.56 Å². The van der Waals surface area contributed by atoms with Crippen molar-refractivity contribution in [3.8, 4) is 0 Å². The third-order valence-electron chi connectivity index (χ3n) is 4.14. The highest BCUT2D eigenvalue weighted by Gasteiger charge is 2.04. The number of methoxy groups -OCH3 is 1. The molecule has 2 aromatic carbocycles. The van der Waals surface area contributed by atoms with Gasteiger partial charge in [0, 0.05) is 39.9 Å². The summed E-state index contributed by atoms with van der Waals surface area (Å²) >= 11 is 0. The van der Waals surface area contributed by atoms with Crippen molar-refractivity contribution in [3.05, 3.63) is 70.8 Å². The van der Waals surface area contributed by atoms with Gasteiger partial charge in [0.25, 0.3) is 5.91 Å². The summed E-state index contributed by atoms with van der Waals surface area (Å²) < 4.78 is 5.12. The predicted octanol–water partition coefficient (Wildman–Crippen LogP) is 2.72. The van der Waals surface area contributed by atoms with Crippen molar-refractivity contribution in [1.82, 2.24) is 16.0 Å². The van der Waals surface area contributed by atoms with Gasteiger partial charge in [-0.25, -0.2) is 0 Å². The van der Waals surface area contributed by atoms with Crippen LogP contribution in [-0.4, -0.2) is 39.6 Å². The minimum atomic E-state index is -0.0706. The van der Waals surface area contributed by atoms with Crippen LogP contribution in [0.25, 0.3) is 0 Å². The second kappa shape index (κ2) is 13.1. The fourth-order valence-electron chi connectivity index (χ4n) is 2.66. The maximum atomic E-state index is 11.7. The number of hydrogen-bond donors (Lipinski definition) is 3. The summed E-state index contributed by atoms with van der Waals surface area (Å²) in [6, 6.07) is 15.9. The first-order valence-electron chi connectivity index (χ1n) is 8.98. The first kappa shape index (κ1) is 23.9. The van der Waals surface area contributed by atoms with E-state index in [0.29, 0.717) is 18.7 Å². The predicted molar refractivity (Wildman–Crippen MR) is 124 cm³/mol. The van der Waals surface area contributed by atoms with Crippen LogP contribution in [0.2, 0.25) is 0 Å². The Labute approximate surface area is 184 Å². The van der Waals surface area contributed by atoms with E-state index in [9.17, 15) is 4.79 Å². The monoisotopic (exact) mass is 496 g/mol. The molecule has 0 atom stereocenters. The van der Waals surface area contributed by atoms with E-state index in [1.807, 2.05) is 24.3 Å². The van der Waals surface area contributed by atoms with Gasteiger partial charge in [0.05, 0.1) is 6.61 Å². The van der Waals surface area contributed by atoms with Crippen LogP contribution in [0.1, 0.15) is 27.0 Å². The molecule has 28 heavy (non-hydrogen) atoms. The van der Waals surface area contributed by atoms with E-state index in [4.69, 9.17) is 4.74 Å². The Hall–Kier alpha value is -2.13. The van der Waals surface area contributed by atoms with Crippen LogP contribution >= 0.6 is 24.0 Å². The standard InChI is InChI=1S/C21H28N4O2.HI/c1-22-20(26)19-6-4-5-16(13-19)11-12-24-21(23-2)25-14-17-7-9-18(10-8-17)15-27-3;/h4-10,13H,11-12,14-15H2,1-3H3,(H,22,26)(H2,23,24,25);1H. The van der Waals surface area contributed by atoms with Gasteiger partial charge in [-0.05, 0) is 35.2 Å². The lowest BCUT2D eigenvalue weighted by Gasteiger charge is -2.12. The molecule has 0 unspecified atom stereocenters. The lowest BCUT2D eigenvalue weighted by atomic mass is 10.1. The molecule has 0 heterocycles. The van der Waals surface area contributed by atoms with Crippen LogP contribution in [0.4, 0.5) is 0 Å². The maximum absolute atomic E-state index is 11.7. The van der Waals surface area contributed by atoms with Crippen LogP contribution in [0.15, 0.2) is 53.5 Å². The molecule has 0 fully saturated rings. The van der Waals surface area contributed by atoms with Gasteiger partial charge in [-0.15, -0.1) is 24.0 Å². The number of guanidine groups is 1. The zero-order chi connectivity index (χ0) is 19.5. The summed E-state index contributed by atoms with van der Waals surface area (Å²) in [5.74, 6) is 0.678. The molecule has 6 nitrogen and oxygen atoms in total. The van der Waals surface area contributed by atoms with Crippen molar-refractivity contribution in [3.63, 3.8) is 0 Å². The average molecular weight is 496 g/mol. The zero-order valence-corrected chi connectivity index (χ0v) is 18.9. The second-order valence-electron chi connectivity index (χ2n) is 6.13. The second-order valence-corrected chi connectivity index (χ2v) is 6.13. The van der Waals surface area contributed by atoms with E-state index in [1.54, 1.807) is 21.2 Å². The molecule has 0 radical (unpaired) electrons. The molecule has 2 aromatic rings. The third-order valence-corrected chi connectivity index (χ3v) is 4.14. The van der Waals surface area contributed by atoms with Crippen LogP contribution in [0.5, 0.6) is 0 Å². The number of benzene rings is 2. The van der Waals surface area contributed by atoms with Crippen LogP contribution in [-0.2, 0) is 24.3 Å². The van der Waals surface area contributed by atoms with E-state index >= 15 is 0 Å². The fraction of sp³-hybridized carbons (Fsp3) is 0.333. The summed E-state index contributed by atoms with van der Waals surface area (Å²) in [5, 5.41) is 9.25. The molecule has 0 bridgehead atoms. The van der Waals surface area contributed by atoms with Gasteiger partial charge >= 0.3 is 0 Å². The van der Waals surface area contributed by atoms with E-state index in [2.05, 4.69) is 45.2 Å². The molecule has 1 amide bonds. The fourth-order valence-corrected chi connectivity index (χ4v) is 2.66. The van der Waals surface area contributed by atoms with Crippen molar-refractivity contribution < 1.29 is 9.53 Å². The van der Waals surface area contributed by atoms with Gasteiger partial charge < -0.3 is 20.7 Å². The molecule has 0 aliphatic carbocycles. The van der Waals surface area contributed by atoms with E-state index in [-0.39, 0.29) is 29.9 Å². The minimum absolute atomic E-state index is 0. The minimum Gasteiger partial charge on any atom is -0.380 e. The van der Waals surface area contributed by atoms with Crippen molar-refractivity contribution >= 4 is 35.8 Å². The first-order chi connectivity index (χ1) is 13.2. The number of ether oxygens (including phenoxy) is 1. The van der Waals surface area contributed by atoms with Gasteiger partial charge in [-0.2, -0.15) is 0 Å². The molecule has 0 aliphatic rings. The largest absolute Gasteiger partial charge is 0.380 e. The number of rotatable bonds is 8. The molecule has 2 rings (SSSR count). The Balaban J connectivity index is 0.00000392. The van der Waals surface area contributed by atoms with Crippen molar-refractivity contribution in [2.24, 2.45) is 4.99 Å². The summed E-state index contributed by atoms with van der Waals surface area (Å²) in [7, 11) is 5.08. The maximum Gasteiger partial charge on any atom is 0.251 e. The smallest absolute Gasteiger partial charge is 0.251 e. The summed E-state index contributed by atoms with van der Waals surface area (Å²) in [6.07, 6.45) is 0.803. The molecule has 0 aromatic heterocycles. The summed E-state index contributed by atoms with van der Waals surface area (Å²) in [5.41, 5.74) is 4.11. The van der Waals surface area contributed by atoms with Gasteiger partial charge in [-0.1, -0.05) is 36.4 Å². The molecular weight excluding hydrogens is 467 g/mol. The molecule has 7 heteroatoms. The van der Waals surface area contributed by atoms with Crippen LogP contribution in [0.3, 0.4) is 0 Å². The lowest BCUT2D eigenvalue weighted by Crippen LogP contribution is -2.37. The lowest BCUT2D eigenvalue weighted by molar-refractivity contribution is 0.0963. The molecule has 0 saturated heterocycles. The number of halogens is 1. The van der Waals surface area contributed by atoms with Crippen molar-refractivity contribution in [2.75, 3.05) is 27.7 Å². The van der Waals surface area contributed by atoms with E-state index in [0.717, 1.165) is 30.1 Å². The molecule has 152 valence electrons. The number of nitrogens with zero attached hydrogens (tertiary/aromatic N) is 1. The number of amides is 1. The highest BCUT2D eigenvalue weighted by atomic mass is 127. The first-order valence-corrected chi connectivity index (χ1v) is 8.98. The molecule has 3 N–H and O–H groups in total. The molecule has 0 spiro atoms. The number of carbonyl (C=O) groups is 1. The molecular formula is C21H29IN4O2. The van der Waals surface area contributed by atoms with Gasteiger partial charge in [0.1, 0.15) is 0 Å². The number of carbonyl (C=O) groups excluding carboxylic acids is 1. The molecule has 0 aliphatic heterocycles. The van der Waals surface area contributed by atoms with Crippen molar-refractivity contribution in [2.45, 2.75) is 19.6 Å². The number of hydrogen-bond acceptors (Lipinski definition) is 3. The van der Waals surface area contributed by atoms with Crippen LogP contribution in [0, 0.1) is 0 Å². The zero-order valence-electron chi connectivity index (χ0n) is 16.6. The third kappa shape index (κ3) is 7.85. The van der Waals surface area contributed by atoms with E-state index < -0.39 is 0 Å². The Morgan fingerprint density at radius 3 is 2.39 bits per heavy atom. The Kier molecular flexibility index (Phi) is 11.2. The summed E-state index contributed by atoms with van der Waals surface area (Å²) in [6.45, 7) is 2.04. The topological polar surface area (TPSA) is 74.8 Å². The number of nitrogens with one attached hydrogen (secondary N) is 3. The normalized spacial score (nSPS) is 10.8. The van der Waals surface area contributed by atoms with Crippen molar-refractivity contribution in [1.29, 1.82) is 0 Å². The molecule has 0 saturated carbocycles. The average Bonchev–Trinajstić information content (AvgIpc) is 2.71.